The third-order valence-corrected chi connectivity index (χ3v) is 9.41. The lowest BCUT2D eigenvalue weighted by Crippen LogP contribution is -2.30. The quantitative estimate of drug-likeness (QED) is 0.177. The lowest BCUT2D eigenvalue weighted by molar-refractivity contribution is 0.328. The average Bonchev–Trinajstić information content (AvgIpc) is 3.40. The zero-order valence-corrected chi connectivity index (χ0v) is 30.2. The summed E-state index contributed by atoms with van der Waals surface area (Å²) in [5.74, 6) is -0.696. The van der Waals surface area contributed by atoms with Crippen LogP contribution < -0.4 is 25.1 Å². The minimum absolute atomic E-state index is 0. The maximum Gasteiger partial charge on any atom is 0.267 e. The minimum Gasteiger partial charge on any atom is -0.497 e. The monoisotopic (exact) mass is 759 g/mol. The van der Waals surface area contributed by atoms with E-state index >= 15 is 0 Å². The van der Waals surface area contributed by atoms with Crippen LogP contribution in [0.15, 0.2) is 71.5 Å². The molecule has 3 heterocycles. The van der Waals surface area contributed by atoms with Crippen LogP contribution in [0.25, 0.3) is 27.6 Å². The summed E-state index contributed by atoms with van der Waals surface area (Å²) in [6, 6.07) is 15.0. The average molecular weight is 761 g/mol. The number of aryl methyl sites for hydroxylation is 1. The highest BCUT2D eigenvalue weighted by molar-refractivity contribution is 7.92. The van der Waals surface area contributed by atoms with E-state index in [4.69, 9.17) is 26.8 Å². The Bertz CT molecular complexity index is 2410. The van der Waals surface area contributed by atoms with Crippen molar-refractivity contribution in [3.63, 3.8) is 0 Å². The summed E-state index contributed by atoms with van der Waals surface area (Å²) in [4.78, 5) is 23.5. The molecule has 1 atom stereocenters. The first-order valence-corrected chi connectivity index (χ1v) is 17.5. The van der Waals surface area contributed by atoms with Gasteiger partial charge in [-0.05, 0) is 66.9 Å². The van der Waals surface area contributed by atoms with Crippen LogP contribution in [0.4, 0.5) is 14.6 Å². The van der Waals surface area contributed by atoms with Crippen molar-refractivity contribution in [1.29, 1.82) is 0 Å². The predicted molar refractivity (Wildman–Crippen MR) is 194 cm³/mol. The summed E-state index contributed by atoms with van der Waals surface area (Å²) in [6.07, 6.45) is 0.956. The number of methoxy groups -OCH3 is 1. The van der Waals surface area contributed by atoms with Gasteiger partial charge in [0.25, 0.3) is 5.56 Å². The lowest BCUT2D eigenvalue weighted by atomic mass is 10.0. The fraction of sp³-hybridized carbons (Fsp3) is 0.235. The van der Waals surface area contributed by atoms with Gasteiger partial charge >= 0.3 is 0 Å². The normalized spacial score (nSPS) is 12.2. The molecule has 1 unspecified atom stereocenters. The van der Waals surface area contributed by atoms with Crippen LogP contribution >= 0.6 is 24.0 Å². The number of pyridine rings is 1. The second-order valence-electron chi connectivity index (χ2n) is 11.5. The van der Waals surface area contributed by atoms with E-state index in [-0.39, 0.29) is 75.6 Å². The van der Waals surface area contributed by atoms with Crippen molar-refractivity contribution >= 4 is 61.8 Å². The van der Waals surface area contributed by atoms with Gasteiger partial charge in [0, 0.05) is 19.2 Å². The molecule has 51 heavy (non-hydrogen) atoms. The Labute approximate surface area is 302 Å². The molecule has 0 amide bonds. The van der Waals surface area contributed by atoms with Crippen LogP contribution in [0.1, 0.15) is 29.9 Å². The number of hydrogen-bond acceptors (Lipinski definition) is 9. The van der Waals surface area contributed by atoms with Crippen LogP contribution in [0, 0.1) is 11.6 Å². The molecule has 12 nitrogen and oxygen atoms in total. The second-order valence-corrected chi connectivity index (χ2v) is 13.8. The van der Waals surface area contributed by atoms with Crippen molar-refractivity contribution < 1.29 is 26.7 Å². The van der Waals surface area contributed by atoms with Gasteiger partial charge in [-0.3, -0.25) is 14.0 Å². The van der Waals surface area contributed by atoms with Gasteiger partial charge in [-0.15, -0.1) is 12.4 Å². The second kappa shape index (κ2) is 14.8. The number of nitrogens with two attached hydrogens (primary N) is 1. The van der Waals surface area contributed by atoms with Crippen molar-refractivity contribution in [3.8, 4) is 17.3 Å². The molecule has 6 aromatic rings. The van der Waals surface area contributed by atoms with Crippen molar-refractivity contribution in [2.75, 3.05) is 24.3 Å². The zero-order valence-electron chi connectivity index (χ0n) is 27.8. The van der Waals surface area contributed by atoms with Gasteiger partial charge in [-0.2, -0.15) is 10.1 Å². The van der Waals surface area contributed by atoms with Crippen molar-refractivity contribution in [1.82, 2.24) is 24.3 Å². The van der Waals surface area contributed by atoms with E-state index in [1.165, 1.54) is 34.6 Å². The van der Waals surface area contributed by atoms with Crippen molar-refractivity contribution in [3.05, 3.63) is 111 Å². The van der Waals surface area contributed by atoms with Gasteiger partial charge in [0.1, 0.15) is 23.2 Å². The number of halogens is 4. The first-order chi connectivity index (χ1) is 23.8. The topological polar surface area (TPSA) is 147 Å². The molecular weight excluding hydrogens is 727 g/mol. The molecule has 0 aliphatic carbocycles. The number of rotatable bonds is 11. The van der Waals surface area contributed by atoms with E-state index in [2.05, 4.69) is 15.1 Å². The van der Waals surface area contributed by atoms with Gasteiger partial charge in [0.2, 0.25) is 15.9 Å². The van der Waals surface area contributed by atoms with Crippen LogP contribution in [-0.4, -0.2) is 52.7 Å². The molecule has 3 aromatic heterocycles. The SMILES string of the molecule is CCOc1ccc2c(=O)n(-c3ccc(Cl)c4c(N(Cc5ccc(OC)cc5)S(C)(=O)=O)nn(C)c34)c(C(N)Cc3cc(F)cc(F)c3)nc2n1.Cl. The molecule has 0 aliphatic heterocycles. The summed E-state index contributed by atoms with van der Waals surface area (Å²) in [5, 5.41) is 5.14. The molecule has 0 spiro atoms. The number of ether oxygens (including phenoxy) is 2. The molecule has 0 saturated heterocycles. The van der Waals surface area contributed by atoms with Gasteiger partial charge in [0.05, 0.1) is 59.6 Å². The maximum absolute atomic E-state index is 14.4. The first-order valence-electron chi connectivity index (χ1n) is 15.3. The minimum atomic E-state index is -3.93. The Morgan fingerprint density at radius 2 is 1.69 bits per heavy atom. The Morgan fingerprint density at radius 1 is 1.00 bits per heavy atom. The summed E-state index contributed by atoms with van der Waals surface area (Å²) in [6.45, 7) is 2.02. The Hall–Kier alpha value is -4.83. The Balaban J connectivity index is 0.00000504. The maximum atomic E-state index is 14.4. The first kappa shape index (κ1) is 37.4. The van der Waals surface area contributed by atoms with E-state index in [9.17, 15) is 22.0 Å². The number of nitrogens with zero attached hydrogens (tertiary/aromatic N) is 6. The Kier molecular flexibility index (Phi) is 10.9. The number of sulfonamides is 1. The van der Waals surface area contributed by atoms with Crippen LogP contribution in [0.5, 0.6) is 11.6 Å². The van der Waals surface area contributed by atoms with Crippen LogP contribution in [-0.2, 0) is 30.0 Å². The fourth-order valence-electron chi connectivity index (χ4n) is 5.79. The predicted octanol–water partition coefficient (Wildman–Crippen LogP) is 5.64. The molecular formula is C34H33Cl2F2N7O5S. The molecule has 0 saturated carbocycles. The van der Waals surface area contributed by atoms with Crippen LogP contribution in [0.2, 0.25) is 5.02 Å². The third-order valence-electron chi connectivity index (χ3n) is 7.99. The molecule has 0 radical (unpaired) electrons. The summed E-state index contributed by atoms with van der Waals surface area (Å²) in [7, 11) is -0.811. The zero-order chi connectivity index (χ0) is 35.9. The van der Waals surface area contributed by atoms with E-state index in [0.29, 0.717) is 23.4 Å². The number of fused-ring (bicyclic) bond motifs is 2. The number of benzene rings is 3. The van der Waals surface area contributed by atoms with Crippen molar-refractivity contribution in [2.24, 2.45) is 12.8 Å². The van der Waals surface area contributed by atoms with Crippen molar-refractivity contribution in [2.45, 2.75) is 25.9 Å². The number of anilines is 1. The number of hydrogen-bond donors (Lipinski definition) is 1. The van der Waals surface area contributed by atoms with E-state index in [0.717, 1.165) is 28.8 Å². The van der Waals surface area contributed by atoms with Gasteiger partial charge in [0.15, 0.2) is 11.5 Å². The van der Waals surface area contributed by atoms with Gasteiger partial charge in [-0.1, -0.05) is 23.7 Å². The molecule has 3 aromatic carbocycles. The van der Waals surface area contributed by atoms with Gasteiger partial charge in [-0.25, -0.2) is 26.5 Å². The standard InChI is InChI=1S/C34H32ClF2N7O5S.ClH/c1-5-49-28-13-10-24-31(39-28)40-32(26(38)16-20-14-21(36)17-22(37)15-20)44(34(24)45)27-12-11-25(35)29-30(27)42(2)41-33(29)43(50(4,46)47)18-19-6-8-23(48-3)9-7-19;/h6-15,17,26H,5,16,18,38H2,1-4H3;1H. The van der Waals surface area contributed by atoms with E-state index in [1.807, 2.05) is 0 Å². The molecule has 268 valence electrons. The Morgan fingerprint density at radius 3 is 2.31 bits per heavy atom. The molecule has 0 bridgehead atoms. The molecule has 6 rings (SSSR count). The summed E-state index contributed by atoms with van der Waals surface area (Å²) >= 11 is 6.78. The largest absolute Gasteiger partial charge is 0.497 e. The highest BCUT2D eigenvalue weighted by atomic mass is 35.5. The molecule has 17 heteroatoms. The number of aromatic nitrogens is 5. The van der Waals surface area contributed by atoms with E-state index < -0.39 is 33.3 Å². The summed E-state index contributed by atoms with van der Waals surface area (Å²) in [5.41, 5.74) is 7.57. The highest BCUT2D eigenvalue weighted by Gasteiger charge is 2.29. The highest BCUT2D eigenvalue weighted by Crippen LogP contribution is 2.38. The molecule has 0 fully saturated rings. The van der Waals surface area contributed by atoms with Crippen LogP contribution in [0.3, 0.4) is 0 Å². The fourth-order valence-corrected chi connectivity index (χ4v) is 6.85. The molecule has 2 N–H and O–H groups in total. The van der Waals surface area contributed by atoms with E-state index in [1.54, 1.807) is 44.3 Å². The summed E-state index contributed by atoms with van der Waals surface area (Å²) < 4.78 is 69.4. The lowest BCUT2D eigenvalue weighted by Gasteiger charge is -2.21. The smallest absolute Gasteiger partial charge is 0.267 e. The molecule has 0 aliphatic rings. The third kappa shape index (κ3) is 7.47. The van der Waals surface area contributed by atoms with Gasteiger partial charge < -0.3 is 15.2 Å².